The topological polar surface area (TPSA) is 76.9 Å². The number of ether oxygens (including phenoxy) is 1. The lowest BCUT2D eigenvalue weighted by Crippen LogP contribution is -2.32. The summed E-state index contributed by atoms with van der Waals surface area (Å²) >= 11 is 6.16. The van der Waals surface area contributed by atoms with Crippen molar-refractivity contribution in [3.05, 3.63) is 72.0 Å². The Morgan fingerprint density at radius 1 is 1.11 bits per heavy atom. The zero-order chi connectivity index (χ0) is 24.2. The molecule has 180 valence electrons. The molecule has 35 heavy (non-hydrogen) atoms. The summed E-state index contributed by atoms with van der Waals surface area (Å²) in [7, 11) is 1.65. The van der Waals surface area contributed by atoms with Crippen LogP contribution in [0.3, 0.4) is 0 Å². The van der Waals surface area contributed by atoms with Crippen molar-refractivity contribution in [3.63, 3.8) is 0 Å². The predicted octanol–water partition coefficient (Wildman–Crippen LogP) is 5.97. The van der Waals surface area contributed by atoms with E-state index in [1.165, 1.54) is 0 Å². The monoisotopic (exact) mass is 488 g/mol. The van der Waals surface area contributed by atoms with E-state index in [-0.39, 0.29) is 6.04 Å². The van der Waals surface area contributed by atoms with Gasteiger partial charge >= 0.3 is 0 Å². The van der Waals surface area contributed by atoms with Crippen LogP contribution in [-0.4, -0.2) is 39.9 Å². The van der Waals surface area contributed by atoms with E-state index < -0.39 is 0 Å². The number of anilines is 2. The second-order valence-electron chi connectivity index (χ2n) is 8.83. The molecule has 1 fully saturated rings. The summed E-state index contributed by atoms with van der Waals surface area (Å²) in [5.41, 5.74) is 4.51. The fraction of sp³-hybridized carbons (Fsp3) is 0.296. The van der Waals surface area contributed by atoms with Crippen LogP contribution >= 0.6 is 11.6 Å². The van der Waals surface area contributed by atoms with Gasteiger partial charge in [0.1, 0.15) is 11.4 Å². The minimum Gasteiger partial charge on any atom is -0.497 e. The molecular weight excluding hydrogens is 460 g/mol. The van der Waals surface area contributed by atoms with Crippen molar-refractivity contribution < 1.29 is 4.74 Å². The largest absolute Gasteiger partial charge is 0.497 e. The first kappa shape index (κ1) is 23.3. The van der Waals surface area contributed by atoms with Crippen molar-refractivity contribution in [1.82, 2.24) is 25.1 Å². The van der Waals surface area contributed by atoms with Gasteiger partial charge in [-0.2, -0.15) is 5.10 Å². The normalized spacial score (nSPS) is 15.1. The first-order valence-corrected chi connectivity index (χ1v) is 12.3. The number of aromatic nitrogens is 4. The molecule has 3 heterocycles. The third kappa shape index (κ3) is 5.31. The van der Waals surface area contributed by atoms with E-state index in [9.17, 15) is 0 Å². The Balaban J connectivity index is 1.51. The standard InChI is InChI=1S/C27H29ClN6O/c1-18(19-10-13-29-14-11-19)34-17-24(26(33-34)20-6-8-21(28)9-7-20)25-12-15-30-27(32-25)31-22-4-3-5-23(16-22)35-2/h3-9,12,15-19,29H,10-11,13-14H2,1-2H3,(H,30,31,32). The fourth-order valence-corrected chi connectivity index (χ4v) is 4.68. The van der Waals surface area contributed by atoms with Gasteiger partial charge in [-0.15, -0.1) is 0 Å². The SMILES string of the molecule is COc1cccc(Nc2nccc(-c3cn(C(C)C4CCNCC4)nc3-c3ccc(Cl)cc3)n2)c1. The van der Waals surface area contributed by atoms with Crippen LogP contribution in [0, 0.1) is 5.92 Å². The molecule has 2 aromatic carbocycles. The van der Waals surface area contributed by atoms with Crippen LogP contribution in [0.25, 0.3) is 22.5 Å². The maximum Gasteiger partial charge on any atom is 0.227 e. The van der Waals surface area contributed by atoms with Gasteiger partial charge in [-0.1, -0.05) is 29.8 Å². The number of hydrogen-bond donors (Lipinski definition) is 2. The van der Waals surface area contributed by atoms with Crippen molar-refractivity contribution >= 4 is 23.2 Å². The van der Waals surface area contributed by atoms with Crippen molar-refractivity contribution in [3.8, 4) is 28.3 Å². The van der Waals surface area contributed by atoms with Crippen molar-refractivity contribution in [1.29, 1.82) is 0 Å². The van der Waals surface area contributed by atoms with E-state index in [4.69, 9.17) is 26.4 Å². The molecule has 0 amide bonds. The van der Waals surface area contributed by atoms with Gasteiger partial charge in [0.25, 0.3) is 0 Å². The fourth-order valence-electron chi connectivity index (χ4n) is 4.55. The number of piperidine rings is 1. The van der Waals surface area contributed by atoms with Gasteiger partial charge in [-0.3, -0.25) is 4.68 Å². The van der Waals surface area contributed by atoms with Crippen molar-refractivity contribution in [2.45, 2.75) is 25.8 Å². The highest BCUT2D eigenvalue weighted by atomic mass is 35.5. The highest BCUT2D eigenvalue weighted by molar-refractivity contribution is 6.30. The lowest BCUT2D eigenvalue weighted by molar-refractivity contribution is 0.261. The molecule has 0 spiro atoms. The molecule has 7 nitrogen and oxygen atoms in total. The second-order valence-corrected chi connectivity index (χ2v) is 9.27. The van der Waals surface area contributed by atoms with Gasteiger partial charge < -0.3 is 15.4 Å². The summed E-state index contributed by atoms with van der Waals surface area (Å²) in [6.45, 7) is 4.37. The minimum absolute atomic E-state index is 0.285. The molecule has 1 saturated heterocycles. The van der Waals surface area contributed by atoms with Gasteiger partial charge in [0.15, 0.2) is 0 Å². The molecule has 0 aliphatic carbocycles. The molecule has 4 aromatic rings. The van der Waals surface area contributed by atoms with Crippen molar-refractivity contribution in [2.24, 2.45) is 5.92 Å². The molecule has 1 atom stereocenters. The van der Waals surface area contributed by atoms with Gasteiger partial charge in [0.2, 0.25) is 5.95 Å². The first-order chi connectivity index (χ1) is 17.1. The number of nitrogens with zero attached hydrogens (tertiary/aromatic N) is 4. The lowest BCUT2D eigenvalue weighted by atomic mass is 9.91. The van der Waals surface area contributed by atoms with E-state index in [1.807, 2.05) is 54.6 Å². The Labute approximate surface area is 210 Å². The molecule has 5 rings (SSSR count). The molecule has 8 heteroatoms. The summed E-state index contributed by atoms with van der Waals surface area (Å²) in [6, 6.07) is 17.7. The Kier molecular flexibility index (Phi) is 6.97. The van der Waals surface area contributed by atoms with Crippen LogP contribution in [0.4, 0.5) is 11.6 Å². The summed E-state index contributed by atoms with van der Waals surface area (Å²) in [4.78, 5) is 9.26. The second kappa shape index (κ2) is 10.5. The molecule has 1 unspecified atom stereocenters. The number of benzene rings is 2. The zero-order valence-electron chi connectivity index (χ0n) is 19.9. The quantitative estimate of drug-likeness (QED) is 0.333. The van der Waals surface area contributed by atoms with E-state index in [0.717, 1.165) is 59.9 Å². The van der Waals surface area contributed by atoms with Crippen LogP contribution in [0.1, 0.15) is 25.8 Å². The van der Waals surface area contributed by atoms with Gasteiger partial charge in [-0.25, -0.2) is 9.97 Å². The average Bonchev–Trinajstić information content (AvgIpc) is 3.35. The summed E-state index contributed by atoms with van der Waals surface area (Å²) in [5, 5.41) is 12.5. The molecule has 1 aliphatic rings. The number of nitrogens with one attached hydrogen (secondary N) is 2. The van der Waals surface area contributed by atoms with E-state index >= 15 is 0 Å². The van der Waals surface area contributed by atoms with E-state index in [0.29, 0.717) is 16.9 Å². The maximum atomic E-state index is 6.16. The van der Waals surface area contributed by atoms with Gasteiger partial charge in [0, 0.05) is 40.3 Å². The molecule has 0 radical (unpaired) electrons. The van der Waals surface area contributed by atoms with Crippen LogP contribution in [0.15, 0.2) is 67.0 Å². The van der Waals surface area contributed by atoms with Crippen LogP contribution < -0.4 is 15.4 Å². The third-order valence-electron chi connectivity index (χ3n) is 6.59. The summed E-state index contributed by atoms with van der Waals surface area (Å²) < 4.78 is 7.43. The third-order valence-corrected chi connectivity index (χ3v) is 6.84. The van der Waals surface area contributed by atoms with Gasteiger partial charge in [-0.05, 0) is 69.1 Å². The Bertz CT molecular complexity index is 1280. The molecule has 2 aromatic heterocycles. The minimum atomic E-state index is 0.285. The molecular formula is C27H29ClN6O. The Hall–Kier alpha value is -3.42. The van der Waals surface area contributed by atoms with Crippen LogP contribution in [0.5, 0.6) is 5.75 Å². The number of hydrogen-bond acceptors (Lipinski definition) is 6. The molecule has 2 N–H and O–H groups in total. The molecule has 1 aliphatic heterocycles. The summed E-state index contributed by atoms with van der Waals surface area (Å²) in [6.07, 6.45) is 6.18. The molecule has 0 bridgehead atoms. The molecule has 0 saturated carbocycles. The van der Waals surface area contributed by atoms with Crippen LogP contribution in [0.2, 0.25) is 5.02 Å². The number of methoxy groups -OCH3 is 1. The zero-order valence-corrected chi connectivity index (χ0v) is 20.7. The Morgan fingerprint density at radius 3 is 2.69 bits per heavy atom. The van der Waals surface area contributed by atoms with Gasteiger partial charge in [0.05, 0.1) is 18.8 Å². The van der Waals surface area contributed by atoms with Crippen molar-refractivity contribution in [2.75, 3.05) is 25.5 Å². The summed E-state index contributed by atoms with van der Waals surface area (Å²) in [5.74, 6) is 1.86. The average molecular weight is 489 g/mol. The predicted molar refractivity (Wildman–Crippen MR) is 140 cm³/mol. The number of halogens is 1. The number of rotatable bonds is 7. The van der Waals surface area contributed by atoms with E-state index in [1.54, 1.807) is 13.3 Å². The van der Waals surface area contributed by atoms with Crippen LogP contribution in [-0.2, 0) is 0 Å². The lowest BCUT2D eigenvalue weighted by Gasteiger charge is -2.28. The Morgan fingerprint density at radius 2 is 1.91 bits per heavy atom. The highest BCUT2D eigenvalue weighted by Gasteiger charge is 2.24. The maximum absolute atomic E-state index is 6.16. The highest BCUT2D eigenvalue weighted by Crippen LogP contribution is 2.34. The first-order valence-electron chi connectivity index (χ1n) is 11.9. The van der Waals surface area contributed by atoms with E-state index in [2.05, 4.69) is 33.4 Å². The smallest absolute Gasteiger partial charge is 0.227 e.